The summed E-state index contributed by atoms with van der Waals surface area (Å²) < 4.78 is 10.5. The Morgan fingerprint density at radius 3 is 2.36 bits per heavy atom. The third kappa shape index (κ3) is 13.7. The number of aliphatic hydroxyl groups is 2. The van der Waals surface area contributed by atoms with Crippen LogP contribution < -0.4 is 0 Å². The highest BCUT2D eigenvalue weighted by molar-refractivity contribution is 5.69. The topological polar surface area (TPSA) is 79.3 Å². The van der Waals surface area contributed by atoms with Gasteiger partial charge in [-0.25, -0.2) is 0 Å². The molecule has 0 spiro atoms. The number of hydrogen-bond acceptors (Lipinski definition) is 5. The van der Waals surface area contributed by atoms with Gasteiger partial charge >= 0.3 is 5.97 Å². The second kappa shape index (κ2) is 16.5. The van der Waals surface area contributed by atoms with E-state index in [0.717, 1.165) is 25.7 Å². The van der Waals surface area contributed by atoms with Gasteiger partial charge < -0.3 is 19.7 Å². The zero-order chi connectivity index (χ0) is 20.5. The number of epoxide rings is 1. The van der Waals surface area contributed by atoms with E-state index in [1.54, 1.807) is 0 Å². The predicted molar refractivity (Wildman–Crippen MR) is 112 cm³/mol. The number of carbonyl (C=O) groups is 1. The van der Waals surface area contributed by atoms with Gasteiger partial charge in [-0.3, -0.25) is 4.79 Å². The van der Waals surface area contributed by atoms with E-state index in [2.05, 4.69) is 43.4 Å². The summed E-state index contributed by atoms with van der Waals surface area (Å²) in [6, 6.07) is 0. The number of esters is 1. The molecule has 0 bridgehead atoms. The van der Waals surface area contributed by atoms with Gasteiger partial charge in [-0.05, 0) is 44.9 Å². The molecule has 1 heterocycles. The Labute approximate surface area is 170 Å². The summed E-state index contributed by atoms with van der Waals surface area (Å²) in [5, 5.41) is 17.7. The van der Waals surface area contributed by atoms with E-state index >= 15 is 0 Å². The summed E-state index contributed by atoms with van der Waals surface area (Å²) in [6.45, 7) is 1.69. The van der Waals surface area contributed by atoms with Crippen LogP contribution in [0.15, 0.2) is 36.5 Å². The Kier molecular flexibility index (Phi) is 14.5. The summed E-state index contributed by atoms with van der Waals surface area (Å²) >= 11 is 0. The molecule has 1 aliphatic rings. The molecule has 5 nitrogen and oxygen atoms in total. The maximum Gasteiger partial charge on any atom is 0.305 e. The first kappa shape index (κ1) is 24.6. The Morgan fingerprint density at radius 2 is 1.64 bits per heavy atom. The van der Waals surface area contributed by atoms with Crippen LogP contribution in [0.2, 0.25) is 0 Å². The fraction of sp³-hybridized carbons (Fsp3) is 0.696. The molecule has 0 aromatic rings. The molecule has 0 aromatic carbocycles. The lowest BCUT2D eigenvalue weighted by Crippen LogP contribution is -2.21. The fourth-order valence-electron chi connectivity index (χ4n) is 2.75. The Balaban J connectivity index is 1.93. The lowest BCUT2D eigenvalue weighted by Gasteiger charge is -2.07. The number of allylic oxidation sites excluding steroid dienone is 4. The van der Waals surface area contributed by atoms with Crippen molar-refractivity contribution in [2.24, 2.45) is 0 Å². The smallest absolute Gasteiger partial charge is 0.305 e. The number of unbranched alkanes of at least 4 members (excludes halogenated alkanes) is 4. The Hall–Kier alpha value is -1.43. The standard InChI is InChI=1S/C23H38O5/c1-2-3-4-5-6-7-8-9-12-15-21-22(28-21)16-13-10-11-14-17-23(26)27-19-20(25)18-24/h6-7,9-10,12-13,20-22,24-25H,2-5,8,11,14-19H2,1H3/b7-6-,12-9-,13-10-/t20-,21?,22?/m0/s1. The summed E-state index contributed by atoms with van der Waals surface area (Å²) in [4.78, 5) is 11.4. The molecule has 5 heteroatoms. The van der Waals surface area contributed by atoms with Gasteiger partial charge in [0.15, 0.2) is 0 Å². The van der Waals surface area contributed by atoms with Gasteiger partial charge in [0.05, 0.1) is 18.8 Å². The maximum absolute atomic E-state index is 11.4. The van der Waals surface area contributed by atoms with Crippen LogP contribution in [-0.4, -0.2) is 47.7 Å². The van der Waals surface area contributed by atoms with Gasteiger partial charge in [0.2, 0.25) is 0 Å². The minimum absolute atomic E-state index is 0.144. The Morgan fingerprint density at radius 1 is 1.00 bits per heavy atom. The van der Waals surface area contributed by atoms with Gasteiger partial charge in [-0.2, -0.15) is 0 Å². The van der Waals surface area contributed by atoms with E-state index in [9.17, 15) is 4.79 Å². The van der Waals surface area contributed by atoms with E-state index in [0.29, 0.717) is 25.0 Å². The highest BCUT2D eigenvalue weighted by atomic mass is 16.6. The van der Waals surface area contributed by atoms with Gasteiger partial charge in [0, 0.05) is 6.42 Å². The van der Waals surface area contributed by atoms with Crippen molar-refractivity contribution in [3.05, 3.63) is 36.5 Å². The molecular formula is C23H38O5. The molecule has 0 aromatic heterocycles. The molecule has 3 atom stereocenters. The largest absolute Gasteiger partial charge is 0.463 e. The SMILES string of the molecule is CCCCC/C=C\C/C=C\CC1OC1C/C=C\CCCC(=O)OC[C@@H](O)CO. The highest BCUT2D eigenvalue weighted by Crippen LogP contribution is 2.29. The van der Waals surface area contributed by atoms with E-state index in [-0.39, 0.29) is 12.6 Å². The lowest BCUT2D eigenvalue weighted by molar-refractivity contribution is -0.147. The molecule has 1 aliphatic heterocycles. The average Bonchev–Trinajstić information content (AvgIpc) is 3.45. The molecule has 0 radical (unpaired) electrons. The monoisotopic (exact) mass is 394 g/mol. The summed E-state index contributed by atoms with van der Waals surface area (Å²) in [5.74, 6) is -0.339. The predicted octanol–water partition coefficient (Wildman–Crippen LogP) is 4.24. The molecule has 2 unspecified atom stereocenters. The summed E-state index contributed by atoms with van der Waals surface area (Å²) in [7, 11) is 0. The first-order valence-electron chi connectivity index (χ1n) is 10.7. The summed E-state index contributed by atoms with van der Waals surface area (Å²) in [6.07, 6.45) is 22.7. The van der Waals surface area contributed by atoms with Crippen molar-refractivity contribution in [3.8, 4) is 0 Å². The van der Waals surface area contributed by atoms with Gasteiger partial charge in [-0.15, -0.1) is 0 Å². The minimum Gasteiger partial charge on any atom is -0.463 e. The molecule has 1 saturated heterocycles. The average molecular weight is 395 g/mol. The third-order valence-electron chi connectivity index (χ3n) is 4.57. The van der Waals surface area contributed by atoms with Crippen molar-refractivity contribution in [1.29, 1.82) is 0 Å². The first-order valence-corrected chi connectivity index (χ1v) is 10.7. The van der Waals surface area contributed by atoms with E-state index in [1.807, 2.05) is 0 Å². The quantitative estimate of drug-likeness (QED) is 0.167. The number of hydrogen-bond donors (Lipinski definition) is 2. The molecule has 1 fully saturated rings. The van der Waals surface area contributed by atoms with Crippen LogP contribution in [0.5, 0.6) is 0 Å². The third-order valence-corrected chi connectivity index (χ3v) is 4.57. The van der Waals surface area contributed by atoms with Crippen molar-refractivity contribution < 1.29 is 24.5 Å². The molecule has 2 N–H and O–H groups in total. The second-order valence-electron chi connectivity index (χ2n) is 7.24. The van der Waals surface area contributed by atoms with Crippen LogP contribution in [0, 0.1) is 0 Å². The molecule has 0 aliphatic carbocycles. The van der Waals surface area contributed by atoms with Crippen LogP contribution in [0.4, 0.5) is 0 Å². The van der Waals surface area contributed by atoms with Crippen LogP contribution >= 0.6 is 0 Å². The van der Waals surface area contributed by atoms with Gasteiger partial charge in [0.1, 0.15) is 12.7 Å². The summed E-state index contributed by atoms with van der Waals surface area (Å²) in [5.41, 5.74) is 0. The normalized spacial score (nSPS) is 20.4. The van der Waals surface area contributed by atoms with Crippen molar-refractivity contribution in [3.63, 3.8) is 0 Å². The van der Waals surface area contributed by atoms with E-state index in [4.69, 9.17) is 19.7 Å². The van der Waals surface area contributed by atoms with Crippen LogP contribution in [0.25, 0.3) is 0 Å². The van der Waals surface area contributed by atoms with Gasteiger partial charge in [0.25, 0.3) is 0 Å². The van der Waals surface area contributed by atoms with E-state index < -0.39 is 12.7 Å². The number of rotatable bonds is 17. The molecule has 28 heavy (non-hydrogen) atoms. The first-order chi connectivity index (χ1) is 13.7. The number of carbonyl (C=O) groups excluding carboxylic acids is 1. The van der Waals surface area contributed by atoms with Crippen LogP contribution in [-0.2, 0) is 14.3 Å². The van der Waals surface area contributed by atoms with Crippen molar-refractivity contribution in [2.45, 2.75) is 89.4 Å². The van der Waals surface area contributed by atoms with Crippen LogP contribution in [0.1, 0.15) is 71.1 Å². The molecule has 0 amide bonds. The minimum atomic E-state index is -0.989. The number of aliphatic hydroxyl groups excluding tert-OH is 2. The zero-order valence-corrected chi connectivity index (χ0v) is 17.3. The molecule has 0 saturated carbocycles. The van der Waals surface area contributed by atoms with Crippen molar-refractivity contribution in [2.75, 3.05) is 13.2 Å². The van der Waals surface area contributed by atoms with Crippen LogP contribution in [0.3, 0.4) is 0 Å². The van der Waals surface area contributed by atoms with Crippen molar-refractivity contribution >= 4 is 5.97 Å². The molecular weight excluding hydrogens is 356 g/mol. The zero-order valence-electron chi connectivity index (χ0n) is 17.3. The molecule has 1 rings (SSSR count). The second-order valence-corrected chi connectivity index (χ2v) is 7.24. The van der Waals surface area contributed by atoms with E-state index in [1.165, 1.54) is 25.7 Å². The lowest BCUT2D eigenvalue weighted by atomic mass is 10.1. The highest BCUT2D eigenvalue weighted by Gasteiger charge is 2.35. The maximum atomic E-state index is 11.4. The molecule has 160 valence electrons. The van der Waals surface area contributed by atoms with Crippen molar-refractivity contribution in [1.82, 2.24) is 0 Å². The van der Waals surface area contributed by atoms with Gasteiger partial charge in [-0.1, -0.05) is 56.2 Å². The fourth-order valence-corrected chi connectivity index (χ4v) is 2.75. The number of ether oxygens (including phenoxy) is 2. The Bertz CT molecular complexity index is 483.